The number of aromatic nitrogens is 1. The van der Waals surface area contributed by atoms with Gasteiger partial charge in [0.15, 0.2) is 0 Å². The molecule has 1 atom stereocenters. The number of benzene rings is 1. The van der Waals surface area contributed by atoms with Gasteiger partial charge in [-0.25, -0.2) is 0 Å². The summed E-state index contributed by atoms with van der Waals surface area (Å²) in [5.74, 6) is 0. The molecule has 0 saturated heterocycles. The summed E-state index contributed by atoms with van der Waals surface area (Å²) >= 11 is 5.84. The summed E-state index contributed by atoms with van der Waals surface area (Å²) in [6, 6.07) is 6.17. The largest absolute Gasteiger partial charge is 0.416 e. The topological polar surface area (TPSA) is 37.6 Å². The molecule has 21 heavy (non-hydrogen) atoms. The van der Waals surface area contributed by atoms with Crippen molar-refractivity contribution in [3.8, 4) is 0 Å². The van der Waals surface area contributed by atoms with Gasteiger partial charge in [0.05, 0.1) is 16.6 Å². The molecular formula is C14H11ClF3N3. The van der Waals surface area contributed by atoms with Crippen LogP contribution in [-0.4, -0.2) is 4.98 Å². The number of hydrogen-bond donors (Lipinski definition) is 0. The molecule has 0 saturated carbocycles. The van der Waals surface area contributed by atoms with Gasteiger partial charge in [-0.05, 0) is 36.8 Å². The van der Waals surface area contributed by atoms with Crippen molar-refractivity contribution >= 4 is 17.3 Å². The average molecular weight is 314 g/mol. The van der Waals surface area contributed by atoms with Gasteiger partial charge in [0.1, 0.15) is 5.69 Å². The van der Waals surface area contributed by atoms with Crippen LogP contribution < -0.4 is 0 Å². The van der Waals surface area contributed by atoms with Gasteiger partial charge in [-0.2, -0.15) is 23.4 Å². The minimum atomic E-state index is -4.44. The van der Waals surface area contributed by atoms with E-state index in [1.165, 1.54) is 0 Å². The number of halogens is 4. The maximum Gasteiger partial charge on any atom is 0.416 e. The van der Waals surface area contributed by atoms with Gasteiger partial charge in [-0.15, -0.1) is 0 Å². The van der Waals surface area contributed by atoms with Gasteiger partial charge < -0.3 is 0 Å². The van der Waals surface area contributed by atoms with E-state index >= 15 is 0 Å². The molecule has 2 rings (SSSR count). The van der Waals surface area contributed by atoms with Crippen LogP contribution in [0, 0.1) is 0 Å². The van der Waals surface area contributed by atoms with Crippen LogP contribution in [-0.2, 0) is 6.18 Å². The molecule has 0 amide bonds. The summed E-state index contributed by atoms with van der Waals surface area (Å²) in [4.78, 5) is 3.95. The minimum absolute atomic E-state index is 0.0118. The Hall–Kier alpha value is -1.95. The Morgan fingerprint density at radius 3 is 2.62 bits per heavy atom. The number of azo groups is 1. The summed E-state index contributed by atoms with van der Waals surface area (Å²) in [6.07, 6.45) is -1.20. The summed E-state index contributed by atoms with van der Waals surface area (Å²) < 4.78 is 37.9. The van der Waals surface area contributed by atoms with Crippen molar-refractivity contribution in [3.05, 3.63) is 58.9 Å². The summed E-state index contributed by atoms with van der Waals surface area (Å²) in [6.45, 7) is 1.77. The van der Waals surface area contributed by atoms with Crippen LogP contribution in [0.5, 0.6) is 0 Å². The summed E-state index contributed by atoms with van der Waals surface area (Å²) in [7, 11) is 0. The number of alkyl halides is 3. The minimum Gasteiger partial charge on any atom is -0.264 e. The van der Waals surface area contributed by atoms with Gasteiger partial charge in [0.2, 0.25) is 0 Å². The molecule has 1 aromatic carbocycles. The first kappa shape index (κ1) is 15.4. The van der Waals surface area contributed by atoms with Crippen molar-refractivity contribution in [1.82, 2.24) is 4.98 Å². The second-order valence-electron chi connectivity index (χ2n) is 4.34. The zero-order chi connectivity index (χ0) is 15.5. The number of pyridine rings is 1. The lowest BCUT2D eigenvalue weighted by Crippen LogP contribution is -2.04. The molecule has 0 N–H and O–H groups in total. The standard InChI is InChI=1S/C14H11ClF3N3/c1-9(10-3-2-6-19-8-10)20-21-13-7-11(14(16,17)18)4-5-12(13)15/h2-9H,1H3. The molecule has 2 aromatic rings. The average Bonchev–Trinajstić information content (AvgIpc) is 2.45. The zero-order valence-corrected chi connectivity index (χ0v) is 11.7. The molecule has 3 nitrogen and oxygen atoms in total. The highest BCUT2D eigenvalue weighted by molar-refractivity contribution is 6.32. The fourth-order valence-electron chi connectivity index (χ4n) is 1.60. The lowest BCUT2D eigenvalue weighted by Gasteiger charge is -2.08. The SMILES string of the molecule is CC(N=Nc1cc(C(F)(F)F)ccc1Cl)c1cccnc1. The van der Waals surface area contributed by atoms with Gasteiger partial charge in [0.25, 0.3) is 0 Å². The lowest BCUT2D eigenvalue weighted by molar-refractivity contribution is -0.137. The van der Waals surface area contributed by atoms with E-state index in [-0.39, 0.29) is 16.8 Å². The predicted octanol–water partition coefficient (Wildman–Crippen LogP) is 5.60. The van der Waals surface area contributed by atoms with Crippen molar-refractivity contribution in [1.29, 1.82) is 0 Å². The molecule has 0 aliphatic heterocycles. The zero-order valence-electron chi connectivity index (χ0n) is 11.0. The van der Waals surface area contributed by atoms with E-state index in [0.717, 1.165) is 23.8 Å². The quantitative estimate of drug-likeness (QED) is 0.680. The number of nitrogens with zero attached hydrogens (tertiary/aromatic N) is 3. The van der Waals surface area contributed by atoms with Crippen LogP contribution in [0.25, 0.3) is 0 Å². The van der Waals surface area contributed by atoms with E-state index in [2.05, 4.69) is 15.2 Å². The van der Waals surface area contributed by atoms with Gasteiger partial charge in [-0.3, -0.25) is 4.98 Å². The molecule has 0 spiro atoms. The van der Waals surface area contributed by atoms with Crippen LogP contribution in [0.2, 0.25) is 5.02 Å². The highest BCUT2D eigenvalue weighted by Crippen LogP contribution is 2.35. The van der Waals surface area contributed by atoms with Crippen molar-refractivity contribution < 1.29 is 13.2 Å². The molecule has 0 fully saturated rings. The van der Waals surface area contributed by atoms with Crippen LogP contribution in [0.15, 0.2) is 53.0 Å². The van der Waals surface area contributed by atoms with Crippen molar-refractivity contribution in [3.63, 3.8) is 0 Å². The van der Waals surface area contributed by atoms with Crippen LogP contribution in [0.4, 0.5) is 18.9 Å². The third-order valence-electron chi connectivity index (χ3n) is 2.78. The molecule has 1 heterocycles. The number of rotatable bonds is 3. The Morgan fingerprint density at radius 2 is 2.00 bits per heavy atom. The molecule has 0 radical (unpaired) electrons. The molecule has 0 aliphatic carbocycles. The first-order valence-electron chi connectivity index (χ1n) is 6.05. The number of hydrogen-bond acceptors (Lipinski definition) is 3. The second-order valence-corrected chi connectivity index (χ2v) is 4.75. The molecular weight excluding hydrogens is 303 g/mol. The summed E-state index contributed by atoms with van der Waals surface area (Å²) in [5, 5.41) is 7.92. The fourth-order valence-corrected chi connectivity index (χ4v) is 1.76. The lowest BCUT2D eigenvalue weighted by atomic mass is 10.2. The highest BCUT2D eigenvalue weighted by Gasteiger charge is 2.31. The van der Waals surface area contributed by atoms with Gasteiger partial charge >= 0.3 is 6.18 Å². The van der Waals surface area contributed by atoms with Crippen LogP contribution >= 0.6 is 11.6 Å². The van der Waals surface area contributed by atoms with Gasteiger partial charge in [0, 0.05) is 12.4 Å². The van der Waals surface area contributed by atoms with E-state index in [0.29, 0.717) is 0 Å². The Kier molecular flexibility index (Phi) is 4.57. The Labute approximate surface area is 124 Å². The maximum absolute atomic E-state index is 12.6. The Bertz CT molecular complexity index is 642. The Morgan fingerprint density at radius 1 is 1.24 bits per heavy atom. The second kappa shape index (κ2) is 6.22. The van der Waals surface area contributed by atoms with E-state index in [4.69, 9.17) is 11.6 Å². The normalized spacial score (nSPS) is 13.6. The van der Waals surface area contributed by atoms with Gasteiger partial charge in [-0.1, -0.05) is 17.7 Å². The molecule has 110 valence electrons. The van der Waals surface area contributed by atoms with E-state index in [1.807, 2.05) is 6.07 Å². The van der Waals surface area contributed by atoms with E-state index in [1.54, 1.807) is 25.4 Å². The Balaban J connectivity index is 2.25. The third-order valence-corrected chi connectivity index (χ3v) is 3.10. The molecule has 0 aliphatic rings. The smallest absolute Gasteiger partial charge is 0.264 e. The van der Waals surface area contributed by atoms with Crippen LogP contribution in [0.1, 0.15) is 24.1 Å². The monoisotopic (exact) mass is 313 g/mol. The predicted molar refractivity (Wildman–Crippen MR) is 73.6 cm³/mol. The van der Waals surface area contributed by atoms with Crippen molar-refractivity contribution in [2.75, 3.05) is 0 Å². The first-order valence-corrected chi connectivity index (χ1v) is 6.43. The molecule has 0 bridgehead atoms. The highest BCUT2D eigenvalue weighted by atomic mass is 35.5. The molecule has 1 unspecified atom stereocenters. The molecule has 1 aromatic heterocycles. The van der Waals surface area contributed by atoms with Crippen molar-refractivity contribution in [2.24, 2.45) is 10.2 Å². The van der Waals surface area contributed by atoms with E-state index < -0.39 is 11.7 Å². The fraction of sp³-hybridized carbons (Fsp3) is 0.214. The maximum atomic E-state index is 12.6. The third kappa shape index (κ3) is 4.01. The van der Waals surface area contributed by atoms with Crippen molar-refractivity contribution in [2.45, 2.75) is 19.1 Å². The molecule has 7 heteroatoms. The van der Waals surface area contributed by atoms with E-state index in [9.17, 15) is 13.2 Å². The summed E-state index contributed by atoms with van der Waals surface area (Å²) in [5.41, 5.74) is -0.0125. The van der Waals surface area contributed by atoms with Crippen LogP contribution in [0.3, 0.4) is 0 Å². The first-order chi connectivity index (χ1) is 9.88.